The fourth-order valence-electron chi connectivity index (χ4n) is 3.61. The van der Waals surface area contributed by atoms with Gasteiger partial charge in [0.2, 0.25) is 35.4 Å². The number of nitrogens with zero attached hydrogens (tertiary/aromatic N) is 1. The zero-order valence-corrected chi connectivity index (χ0v) is 28.7. The Labute approximate surface area is 290 Å². The highest BCUT2D eigenvalue weighted by atomic mass is 79.9. The Morgan fingerprint density at radius 3 is 1.77 bits per heavy atom. The molecule has 0 saturated heterocycles. The first kappa shape index (κ1) is 44.2. The molecule has 6 amide bonds. The van der Waals surface area contributed by atoms with E-state index in [2.05, 4.69) is 42.5 Å². The van der Waals surface area contributed by atoms with Crippen LogP contribution < -0.4 is 26.6 Å². The summed E-state index contributed by atoms with van der Waals surface area (Å²) >= 11 is 13.9. The molecule has 1 unspecified atom stereocenters. The van der Waals surface area contributed by atoms with Gasteiger partial charge in [-0.25, -0.2) is 4.79 Å². The number of carbonyl (C=O) groups excluding carboxylic acids is 6. The van der Waals surface area contributed by atoms with Gasteiger partial charge >= 0.3 is 5.97 Å². The smallest absolute Gasteiger partial charge is 0.326 e. The first-order chi connectivity index (χ1) is 22.3. The molecule has 2 atom stereocenters. The van der Waals surface area contributed by atoms with E-state index >= 15 is 0 Å². The van der Waals surface area contributed by atoms with Crippen molar-refractivity contribution < 1.29 is 58.4 Å². The lowest BCUT2D eigenvalue weighted by Gasteiger charge is -2.28. The van der Waals surface area contributed by atoms with Crippen LogP contribution in [0.15, 0.2) is 0 Å². The fourth-order valence-corrected chi connectivity index (χ4v) is 4.00. The molecule has 0 aliphatic carbocycles. The molecule has 0 aromatic rings. The summed E-state index contributed by atoms with van der Waals surface area (Å²) in [5.41, 5.74) is 0. The maximum Gasteiger partial charge on any atom is 0.326 e. The number of halogens is 3. The third kappa shape index (κ3) is 23.2. The quantitative estimate of drug-likeness (QED) is 0.0236. The highest BCUT2D eigenvalue weighted by Crippen LogP contribution is 2.07. The molecule has 0 aliphatic rings. The number of rotatable bonds is 27. The molecule has 270 valence electrons. The molecular formula is C26H43BrCl2N6O12. The second kappa shape index (κ2) is 27.2. The van der Waals surface area contributed by atoms with Crippen molar-refractivity contribution in [3.63, 3.8) is 0 Å². The van der Waals surface area contributed by atoms with Crippen molar-refractivity contribution in [3.8, 4) is 0 Å². The molecule has 0 aromatic heterocycles. The van der Waals surface area contributed by atoms with E-state index in [1.807, 2.05) is 0 Å². The number of ether oxygens (including phenoxy) is 2. The number of carboxylic acid groups (broad SMARTS) is 1. The van der Waals surface area contributed by atoms with Gasteiger partial charge < -0.3 is 56.3 Å². The SMILES string of the molecule is O=C(CCl)NCCN(CCNC(=O)CCl)C(=O)C(CCC(O)O)NC(=O)CC[C@H](NC(=O)COCCOCCNC(=O)CBr)C(=O)O. The van der Waals surface area contributed by atoms with Crippen LogP contribution in [0.1, 0.15) is 25.7 Å². The van der Waals surface area contributed by atoms with Gasteiger partial charge in [-0.1, -0.05) is 15.9 Å². The lowest BCUT2D eigenvalue weighted by molar-refractivity contribution is -0.143. The highest BCUT2D eigenvalue weighted by Gasteiger charge is 2.28. The highest BCUT2D eigenvalue weighted by molar-refractivity contribution is 9.09. The van der Waals surface area contributed by atoms with E-state index in [1.54, 1.807) is 0 Å². The normalized spacial score (nSPS) is 12.0. The van der Waals surface area contributed by atoms with E-state index in [4.69, 9.17) is 32.7 Å². The Morgan fingerprint density at radius 2 is 1.23 bits per heavy atom. The van der Waals surface area contributed by atoms with Crippen molar-refractivity contribution in [1.82, 2.24) is 31.5 Å². The van der Waals surface area contributed by atoms with Gasteiger partial charge in [0.15, 0.2) is 6.29 Å². The monoisotopic (exact) mass is 780 g/mol. The zero-order chi connectivity index (χ0) is 35.6. The van der Waals surface area contributed by atoms with Crippen LogP contribution in [0.25, 0.3) is 0 Å². The van der Waals surface area contributed by atoms with Crippen molar-refractivity contribution in [2.45, 2.75) is 44.1 Å². The largest absolute Gasteiger partial charge is 0.480 e. The number of carbonyl (C=O) groups is 7. The minimum Gasteiger partial charge on any atom is -0.480 e. The minimum atomic E-state index is -1.80. The minimum absolute atomic E-state index is 0.0158. The summed E-state index contributed by atoms with van der Waals surface area (Å²) in [6.45, 7) is 0.0389. The van der Waals surface area contributed by atoms with Gasteiger partial charge in [-0.15, -0.1) is 23.2 Å². The maximum atomic E-state index is 13.4. The van der Waals surface area contributed by atoms with Gasteiger partial charge in [-0.2, -0.15) is 0 Å². The molecule has 0 saturated carbocycles. The van der Waals surface area contributed by atoms with Gasteiger partial charge in [-0.3, -0.25) is 28.8 Å². The van der Waals surface area contributed by atoms with Crippen LogP contribution in [-0.4, -0.2) is 156 Å². The number of alkyl halides is 3. The Hall–Kier alpha value is -2.81. The first-order valence-electron chi connectivity index (χ1n) is 14.4. The number of aliphatic hydroxyl groups is 2. The standard InChI is InChI=1S/C26H43BrCl2N6O12/c27-13-20(37)32-7-10-46-11-12-47-16-23(40)34-18(26(44)45)1-3-19(36)33-17(2-4-24(41)42)25(43)35(8-5-30-21(38)14-28)9-6-31-22(39)15-29/h17-18,24,41-42H,1-16H2,(H,30,38)(H,31,39)(H,32,37)(H,33,36)(H,34,40)(H,44,45)/t17?,18-/m0/s1. The zero-order valence-electron chi connectivity index (χ0n) is 25.6. The number of aliphatic hydroxyl groups excluding tert-OH is 1. The molecule has 8 N–H and O–H groups in total. The van der Waals surface area contributed by atoms with E-state index < -0.39 is 66.9 Å². The third-order valence-electron chi connectivity index (χ3n) is 5.90. The summed E-state index contributed by atoms with van der Waals surface area (Å²) in [5.74, 6) is -5.42. The van der Waals surface area contributed by atoms with E-state index in [0.29, 0.717) is 6.54 Å². The summed E-state index contributed by atoms with van der Waals surface area (Å²) in [6, 6.07) is -2.75. The van der Waals surface area contributed by atoms with Gasteiger partial charge in [0, 0.05) is 45.6 Å². The summed E-state index contributed by atoms with van der Waals surface area (Å²) in [7, 11) is 0. The van der Waals surface area contributed by atoms with Crippen molar-refractivity contribution in [3.05, 3.63) is 0 Å². The van der Waals surface area contributed by atoms with Gasteiger partial charge in [0.05, 0.1) is 25.2 Å². The van der Waals surface area contributed by atoms with Crippen molar-refractivity contribution in [1.29, 1.82) is 0 Å². The molecule has 21 heteroatoms. The maximum absolute atomic E-state index is 13.4. The molecule has 0 heterocycles. The Balaban J connectivity index is 5.08. The average Bonchev–Trinajstić information content (AvgIpc) is 3.04. The van der Waals surface area contributed by atoms with Gasteiger partial charge in [-0.05, 0) is 12.8 Å². The number of nitrogens with one attached hydrogen (secondary N) is 5. The average molecular weight is 782 g/mol. The Morgan fingerprint density at radius 1 is 0.681 bits per heavy atom. The molecule has 0 spiro atoms. The summed E-state index contributed by atoms with van der Waals surface area (Å²) in [4.78, 5) is 85.4. The molecule has 18 nitrogen and oxygen atoms in total. The second-order valence-electron chi connectivity index (χ2n) is 9.62. The van der Waals surface area contributed by atoms with Crippen LogP contribution in [0, 0.1) is 0 Å². The number of hydrogen-bond acceptors (Lipinski definition) is 11. The predicted octanol–water partition coefficient (Wildman–Crippen LogP) is -3.01. The number of hydrogen-bond donors (Lipinski definition) is 8. The van der Waals surface area contributed by atoms with Crippen LogP contribution in [0.5, 0.6) is 0 Å². The first-order valence-corrected chi connectivity index (χ1v) is 16.6. The molecule has 0 radical (unpaired) electrons. The Bertz CT molecular complexity index is 991. The lowest BCUT2D eigenvalue weighted by Crippen LogP contribution is -2.52. The number of carboxylic acids is 1. The molecule has 0 rings (SSSR count). The number of amides is 6. The summed E-state index contributed by atoms with van der Waals surface area (Å²) < 4.78 is 10.4. The topological polar surface area (TPSA) is 262 Å². The molecule has 0 bridgehead atoms. The van der Waals surface area contributed by atoms with Crippen LogP contribution in [0.4, 0.5) is 0 Å². The lowest BCUT2D eigenvalue weighted by atomic mass is 10.1. The number of aliphatic carboxylic acids is 1. The fraction of sp³-hybridized carbons (Fsp3) is 0.731. The van der Waals surface area contributed by atoms with Crippen LogP contribution >= 0.6 is 39.1 Å². The second-order valence-corrected chi connectivity index (χ2v) is 10.7. The van der Waals surface area contributed by atoms with Crippen LogP contribution in [0.3, 0.4) is 0 Å². The summed E-state index contributed by atoms with van der Waals surface area (Å²) in [6.07, 6.45) is -3.09. The Kier molecular flexibility index (Phi) is 25.5. The molecule has 0 fully saturated rings. The molecule has 47 heavy (non-hydrogen) atoms. The third-order valence-corrected chi connectivity index (χ3v) is 6.89. The van der Waals surface area contributed by atoms with Crippen molar-refractivity contribution in [2.75, 3.05) is 76.2 Å². The van der Waals surface area contributed by atoms with Gasteiger partial charge in [0.1, 0.15) is 30.5 Å². The van der Waals surface area contributed by atoms with Crippen molar-refractivity contribution >= 4 is 80.5 Å². The predicted molar refractivity (Wildman–Crippen MR) is 171 cm³/mol. The van der Waals surface area contributed by atoms with Crippen molar-refractivity contribution in [2.24, 2.45) is 0 Å². The molecule has 0 aliphatic heterocycles. The van der Waals surface area contributed by atoms with E-state index in [-0.39, 0.29) is 88.3 Å². The molecular weight excluding hydrogens is 739 g/mol. The van der Waals surface area contributed by atoms with E-state index in [0.717, 1.165) is 0 Å². The van der Waals surface area contributed by atoms with E-state index in [1.165, 1.54) is 4.90 Å². The van der Waals surface area contributed by atoms with E-state index in [9.17, 15) is 48.9 Å². The summed E-state index contributed by atoms with van der Waals surface area (Å²) in [5, 5.41) is 40.6. The molecule has 0 aromatic carbocycles. The van der Waals surface area contributed by atoms with Crippen LogP contribution in [0.2, 0.25) is 0 Å². The van der Waals surface area contributed by atoms with Crippen LogP contribution in [-0.2, 0) is 43.0 Å². The van der Waals surface area contributed by atoms with Gasteiger partial charge in [0.25, 0.3) is 0 Å².